The molecule has 7 rings (SSSR count). The highest BCUT2D eigenvalue weighted by Crippen LogP contribution is 2.47. The van der Waals surface area contributed by atoms with Gasteiger partial charge in [-0.3, -0.25) is 19.5 Å². The summed E-state index contributed by atoms with van der Waals surface area (Å²) in [6.45, 7) is -0.116. The number of fused-ring (bicyclic) bond motifs is 3. The van der Waals surface area contributed by atoms with Gasteiger partial charge in [-0.1, -0.05) is 56.0 Å². The van der Waals surface area contributed by atoms with E-state index in [-0.39, 0.29) is 37.7 Å². The fourth-order valence-electron chi connectivity index (χ4n) is 7.65. The van der Waals surface area contributed by atoms with Crippen LogP contribution in [0, 0.1) is 5.92 Å². The second-order valence-electron chi connectivity index (χ2n) is 14.4. The highest BCUT2D eigenvalue weighted by molar-refractivity contribution is 7.87. The Bertz CT molecular complexity index is 2070. The van der Waals surface area contributed by atoms with Crippen molar-refractivity contribution in [2.45, 2.75) is 100 Å². The molecule has 0 spiro atoms. The van der Waals surface area contributed by atoms with Gasteiger partial charge in [-0.2, -0.15) is 17.9 Å². The summed E-state index contributed by atoms with van der Waals surface area (Å²) < 4.78 is 50.4. The van der Waals surface area contributed by atoms with Gasteiger partial charge in [0.2, 0.25) is 17.7 Å². The number of rotatable bonds is 9. The Morgan fingerprint density at radius 3 is 2.46 bits per heavy atom. The highest BCUT2D eigenvalue weighted by Gasteiger charge is 2.62. The quantitative estimate of drug-likeness (QED) is 0.136. The monoisotopic (exact) mass is 801 g/mol. The fraction of sp³-hybridized carbons (Fsp3) is 0.514. The van der Waals surface area contributed by atoms with E-state index in [9.17, 15) is 37.2 Å². The predicted molar refractivity (Wildman–Crippen MR) is 200 cm³/mol. The molecule has 2 saturated carbocycles. The average Bonchev–Trinajstić information content (AvgIpc) is 3.61. The van der Waals surface area contributed by atoms with Gasteiger partial charge in [0.05, 0.1) is 22.5 Å². The van der Waals surface area contributed by atoms with Crippen molar-refractivity contribution in [3.8, 4) is 16.5 Å². The second-order valence-corrected chi connectivity index (χ2v) is 18.2. The first-order valence-corrected chi connectivity index (χ1v) is 22.2. The van der Waals surface area contributed by atoms with Crippen LogP contribution in [0.3, 0.4) is 0 Å². The molecule has 3 fully saturated rings. The first-order valence-electron chi connectivity index (χ1n) is 18.2. The zero-order valence-corrected chi connectivity index (χ0v) is 32.0. The summed E-state index contributed by atoms with van der Waals surface area (Å²) in [7, 11) is -9.12. The third-order valence-electron chi connectivity index (χ3n) is 10.4. The molecule has 0 radical (unpaired) electrons. The Morgan fingerprint density at radius 1 is 1.00 bits per heavy atom. The molecule has 54 heavy (non-hydrogen) atoms. The Balaban J connectivity index is 1.22. The molecule has 2 aliphatic carbocycles. The summed E-state index contributed by atoms with van der Waals surface area (Å²) >= 11 is 1.44. The smallest absolute Gasteiger partial charge is 0.429 e. The molecule has 3 amide bonds. The van der Waals surface area contributed by atoms with Gasteiger partial charge in [0, 0.05) is 18.4 Å². The van der Waals surface area contributed by atoms with Crippen LogP contribution in [0.15, 0.2) is 53.9 Å². The van der Waals surface area contributed by atoms with E-state index in [1.165, 1.54) is 16.2 Å². The first-order chi connectivity index (χ1) is 25.8. The summed E-state index contributed by atoms with van der Waals surface area (Å²) in [6, 6.07) is 8.38. The molecule has 1 saturated heterocycles. The lowest BCUT2D eigenvalue weighted by atomic mass is 10.1. The minimum Gasteiger partial charge on any atom is -0.471 e. The molecule has 1 aromatic carbocycles. The number of benzene rings is 1. The van der Waals surface area contributed by atoms with Crippen molar-refractivity contribution in [2.75, 3.05) is 6.54 Å². The van der Waals surface area contributed by atoms with Crippen molar-refractivity contribution in [2.24, 2.45) is 5.92 Å². The number of aromatic nitrogens is 2. The Labute approximate surface area is 316 Å². The Kier molecular flexibility index (Phi) is 11.2. The van der Waals surface area contributed by atoms with E-state index in [2.05, 4.69) is 14.8 Å². The number of para-hydroxylation sites is 2. The SMILES string of the molecule is O=C1N[C@]2(C(=O)NP(=O)(O)O)CC2/C=C\CCCCC[C@H](NS(=O)(=O)NC2CCCC2)C(=O)N2C[C@H](Oc3nc4ccccc4nc3-c3cccs3)C[C@@H]12. The van der Waals surface area contributed by atoms with Crippen molar-refractivity contribution in [3.05, 3.63) is 53.9 Å². The summed E-state index contributed by atoms with van der Waals surface area (Å²) in [5.41, 5.74) is 0.0400. The maximum absolute atomic E-state index is 14.6. The van der Waals surface area contributed by atoms with Crippen LogP contribution >= 0.6 is 19.1 Å². The Hall–Kier alpha value is -3.77. The summed E-state index contributed by atoms with van der Waals surface area (Å²) in [5, 5.41) is 6.35. The number of allylic oxidation sites excluding steroid dienone is 1. The van der Waals surface area contributed by atoms with Gasteiger partial charge in [-0.05, 0) is 62.1 Å². The fourth-order valence-corrected chi connectivity index (χ4v) is 10.2. The van der Waals surface area contributed by atoms with E-state index < -0.39 is 65.3 Å². The van der Waals surface area contributed by atoms with Crippen LogP contribution in [0.1, 0.15) is 70.6 Å². The summed E-state index contributed by atoms with van der Waals surface area (Å²) in [4.78, 5) is 73.0. The highest BCUT2D eigenvalue weighted by atomic mass is 32.2. The zero-order chi connectivity index (χ0) is 38.1. The van der Waals surface area contributed by atoms with Gasteiger partial charge >= 0.3 is 7.75 Å². The largest absolute Gasteiger partial charge is 0.471 e. The minimum atomic E-state index is -5.01. The lowest BCUT2D eigenvalue weighted by molar-refractivity contribution is -0.141. The van der Waals surface area contributed by atoms with Crippen LogP contribution in [0.5, 0.6) is 5.88 Å². The number of carbonyl (C=O) groups excluding carboxylic acids is 3. The predicted octanol–water partition coefficient (Wildman–Crippen LogP) is 3.05. The number of hydrogen-bond acceptors (Lipinski definition) is 10. The molecule has 19 heteroatoms. The molecule has 290 valence electrons. The van der Waals surface area contributed by atoms with Gasteiger partial charge in [0.15, 0.2) is 0 Å². The van der Waals surface area contributed by atoms with Gasteiger partial charge in [0.1, 0.15) is 29.4 Å². The number of ether oxygens (including phenoxy) is 1. The standard InChI is InChI=1S/C35H44N7O9PS2/c43-31-28-19-24(51-32-30(29-17-10-18-53-29)36-25-14-8-9-15-26(25)37-32)21-42(28)33(44)27(41-54(49,50)40-23-12-6-7-13-23)16-5-3-1-2-4-11-22-20-35(22,38-31)34(45)39-52(46,47)48/h4,8-11,14-15,17-18,22-24,27-28,40-41H,1-3,5-7,12-13,16,19-21H2,(H,38,43)(H3,39,45,46,47,48)/b11-4-/t22?,24-,27+,28+,35-/m1/s1. The lowest BCUT2D eigenvalue weighted by Gasteiger charge is -2.30. The van der Waals surface area contributed by atoms with Crippen LogP contribution in [-0.2, 0) is 29.2 Å². The number of thiophene rings is 1. The van der Waals surface area contributed by atoms with E-state index in [1.807, 2.05) is 41.8 Å². The molecule has 4 aliphatic rings. The molecule has 2 aliphatic heterocycles. The van der Waals surface area contributed by atoms with E-state index in [4.69, 9.17) is 14.7 Å². The molecule has 4 heterocycles. The lowest BCUT2D eigenvalue weighted by Crippen LogP contribution is -2.58. The van der Waals surface area contributed by atoms with Crippen LogP contribution in [-0.4, -0.2) is 87.1 Å². The van der Waals surface area contributed by atoms with Gasteiger partial charge in [-0.15, -0.1) is 11.3 Å². The third kappa shape index (κ3) is 8.85. The van der Waals surface area contributed by atoms with Crippen molar-refractivity contribution in [1.29, 1.82) is 0 Å². The molecule has 1 unspecified atom stereocenters. The van der Waals surface area contributed by atoms with E-state index >= 15 is 0 Å². The minimum absolute atomic E-state index is 0.0492. The van der Waals surface area contributed by atoms with Crippen LogP contribution < -0.4 is 24.6 Å². The van der Waals surface area contributed by atoms with Crippen LogP contribution in [0.2, 0.25) is 0 Å². The number of carbonyl (C=O) groups is 3. The molecule has 5 atom stereocenters. The molecule has 0 bridgehead atoms. The maximum Gasteiger partial charge on any atom is 0.429 e. The maximum atomic E-state index is 14.6. The molecule has 16 nitrogen and oxygen atoms in total. The molecule has 3 aromatic rings. The van der Waals surface area contributed by atoms with E-state index in [1.54, 1.807) is 17.2 Å². The average molecular weight is 802 g/mol. The van der Waals surface area contributed by atoms with Crippen LogP contribution in [0.4, 0.5) is 0 Å². The topological polar surface area (TPSA) is 229 Å². The zero-order valence-electron chi connectivity index (χ0n) is 29.4. The summed E-state index contributed by atoms with van der Waals surface area (Å²) in [5.74, 6) is -2.76. The number of nitrogens with one attached hydrogen (secondary N) is 4. The molecular weight excluding hydrogens is 758 g/mol. The van der Waals surface area contributed by atoms with E-state index in [0.29, 0.717) is 55.3 Å². The second kappa shape index (κ2) is 15.8. The van der Waals surface area contributed by atoms with Gasteiger partial charge < -0.3 is 24.7 Å². The van der Waals surface area contributed by atoms with Crippen molar-refractivity contribution < 1.29 is 41.9 Å². The summed E-state index contributed by atoms with van der Waals surface area (Å²) in [6.07, 6.45) is 8.78. The normalized spacial score (nSPS) is 27.7. The van der Waals surface area contributed by atoms with E-state index in [0.717, 1.165) is 17.7 Å². The Morgan fingerprint density at radius 2 is 1.74 bits per heavy atom. The molecular formula is C35H44N7O9PS2. The van der Waals surface area contributed by atoms with Gasteiger partial charge in [-0.25, -0.2) is 14.5 Å². The number of hydrogen-bond donors (Lipinski definition) is 6. The van der Waals surface area contributed by atoms with Crippen molar-refractivity contribution in [1.82, 2.24) is 34.7 Å². The number of nitrogens with zero attached hydrogens (tertiary/aromatic N) is 3. The van der Waals surface area contributed by atoms with Gasteiger partial charge in [0.25, 0.3) is 16.1 Å². The van der Waals surface area contributed by atoms with Crippen molar-refractivity contribution >= 4 is 58.0 Å². The van der Waals surface area contributed by atoms with Crippen molar-refractivity contribution in [3.63, 3.8) is 0 Å². The molecule has 2 aromatic heterocycles. The number of amides is 3. The van der Waals surface area contributed by atoms with Crippen LogP contribution in [0.25, 0.3) is 21.6 Å². The molecule has 6 N–H and O–H groups in total. The first kappa shape index (κ1) is 38.5. The third-order valence-corrected chi connectivity index (χ3v) is 13.0.